The number of halogens is 2. The Labute approximate surface area is 213 Å². The smallest absolute Gasteiger partial charge is 0.307 e. The first-order valence-electron chi connectivity index (χ1n) is 11.4. The van der Waals surface area contributed by atoms with E-state index in [-0.39, 0.29) is 6.42 Å². The molecule has 2 aromatic heterocycles. The molecule has 0 unspecified atom stereocenters. The number of carboxylic acid groups (broad SMARTS) is 1. The summed E-state index contributed by atoms with van der Waals surface area (Å²) in [5.41, 5.74) is 3.15. The fourth-order valence-electron chi connectivity index (χ4n) is 3.98. The molecule has 4 aromatic rings. The minimum Gasteiger partial charge on any atom is -0.481 e. The number of fused-ring (bicyclic) bond motifs is 1. The number of anilines is 1. The number of aryl methyl sites for hydroxylation is 1. The number of aliphatic carboxylic acids is 1. The van der Waals surface area contributed by atoms with Crippen molar-refractivity contribution in [3.05, 3.63) is 82.3 Å². The second kappa shape index (κ2) is 9.79. The molecule has 0 aliphatic rings. The van der Waals surface area contributed by atoms with Crippen LogP contribution in [-0.4, -0.2) is 31.1 Å². The van der Waals surface area contributed by atoms with Crippen LogP contribution in [0.15, 0.2) is 48.8 Å². The van der Waals surface area contributed by atoms with E-state index < -0.39 is 23.4 Å². The number of nitrogens with zero attached hydrogens (tertiary/aromatic N) is 3. The molecule has 2 aromatic carbocycles. The van der Waals surface area contributed by atoms with Gasteiger partial charge in [0.05, 0.1) is 34.4 Å². The fourth-order valence-corrected chi connectivity index (χ4v) is 4.18. The monoisotopic (exact) mass is 508 g/mol. The zero-order valence-corrected chi connectivity index (χ0v) is 21.1. The first-order chi connectivity index (χ1) is 16.9. The molecule has 0 aliphatic carbocycles. The Morgan fingerprint density at radius 1 is 1.14 bits per heavy atom. The maximum absolute atomic E-state index is 14.7. The summed E-state index contributed by atoms with van der Waals surface area (Å²) < 4.78 is 14.7. The Kier molecular flexibility index (Phi) is 6.93. The predicted molar refractivity (Wildman–Crippen MR) is 138 cm³/mol. The Morgan fingerprint density at radius 3 is 2.47 bits per heavy atom. The molecule has 0 saturated carbocycles. The highest BCUT2D eigenvalue weighted by molar-refractivity contribution is 6.35. The standard InChI is InChI=1S/C27H26ClFN4O3/c1-14(19-9-16(10-23(34)35)5-7-21(19)29)33-25-20-11-17(6-8-22(20)32-15(2)24(25)28)18-12-30-26(31-13-18)27(3,4)36/h5-9,11-14,36H,10H2,1-4H3,(H,32,33)(H,34,35)/t14-/m1/s1. The normalized spacial score (nSPS) is 12.5. The molecule has 36 heavy (non-hydrogen) atoms. The van der Waals surface area contributed by atoms with E-state index in [2.05, 4.69) is 20.3 Å². The lowest BCUT2D eigenvalue weighted by Gasteiger charge is -2.21. The van der Waals surface area contributed by atoms with Gasteiger partial charge >= 0.3 is 5.97 Å². The van der Waals surface area contributed by atoms with Crippen molar-refractivity contribution in [2.75, 3.05) is 5.32 Å². The summed E-state index contributed by atoms with van der Waals surface area (Å²) in [6, 6.07) is 9.45. The predicted octanol–water partition coefficient (Wildman–Crippen LogP) is 5.82. The summed E-state index contributed by atoms with van der Waals surface area (Å²) in [5.74, 6) is -1.12. The van der Waals surface area contributed by atoms with Crippen molar-refractivity contribution in [3.8, 4) is 11.1 Å². The molecular weight excluding hydrogens is 483 g/mol. The highest BCUT2D eigenvalue weighted by Gasteiger charge is 2.20. The zero-order valence-electron chi connectivity index (χ0n) is 20.3. The van der Waals surface area contributed by atoms with Crippen LogP contribution in [0.5, 0.6) is 0 Å². The van der Waals surface area contributed by atoms with Crippen LogP contribution in [0, 0.1) is 12.7 Å². The Bertz CT molecular complexity index is 1450. The van der Waals surface area contributed by atoms with E-state index in [9.17, 15) is 14.3 Å². The van der Waals surface area contributed by atoms with E-state index in [4.69, 9.17) is 16.7 Å². The van der Waals surface area contributed by atoms with Gasteiger partial charge in [0.25, 0.3) is 0 Å². The van der Waals surface area contributed by atoms with Gasteiger partial charge in [0, 0.05) is 28.9 Å². The van der Waals surface area contributed by atoms with Crippen LogP contribution in [0.3, 0.4) is 0 Å². The van der Waals surface area contributed by atoms with Crippen LogP contribution in [0.4, 0.5) is 10.1 Å². The first kappa shape index (κ1) is 25.5. The van der Waals surface area contributed by atoms with E-state index >= 15 is 0 Å². The Morgan fingerprint density at radius 2 is 1.83 bits per heavy atom. The highest BCUT2D eigenvalue weighted by Crippen LogP contribution is 2.37. The molecule has 0 radical (unpaired) electrons. The largest absolute Gasteiger partial charge is 0.481 e. The first-order valence-corrected chi connectivity index (χ1v) is 11.7. The van der Waals surface area contributed by atoms with Crippen molar-refractivity contribution in [1.29, 1.82) is 0 Å². The second-order valence-electron chi connectivity index (χ2n) is 9.26. The number of nitrogens with one attached hydrogen (secondary N) is 1. The number of benzene rings is 2. The minimum atomic E-state index is -1.15. The molecule has 186 valence electrons. The van der Waals surface area contributed by atoms with Crippen LogP contribution in [0.25, 0.3) is 22.0 Å². The number of aliphatic hydroxyl groups is 1. The van der Waals surface area contributed by atoms with Crippen LogP contribution in [0.2, 0.25) is 5.02 Å². The molecule has 9 heteroatoms. The maximum atomic E-state index is 14.7. The maximum Gasteiger partial charge on any atom is 0.307 e. The third-order valence-corrected chi connectivity index (χ3v) is 6.33. The minimum absolute atomic E-state index is 0.199. The fraction of sp³-hybridized carbons (Fsp3) is 0.259. The number of carbonyl (C=O) groups is 1. The van der Waals surface area contributed by atoms with Crippen molar-refractivity contribution in [1.82, 2.24) is 15.0 Å². The summed E-state index contributed by atoms with van der Waals surface area (Å²) in [6.07, 6.45) is 3.09. The SMILES string of the molecule is Cc1nc2ccc(-c3cnc(C(C)(C)O)nc3)cc2c(N[C@H](C)c2cc(CC(=O)O)ccc2F)c1Cl. The molecule has 0 aliphatic heterocycles. The van der Waals surface area contributed by atoms with Gasteiger partial charge in [0.1, 0.15) is 11.4 Å². The van der Waals surface area contributed by atoms with Crippen molar-refractivity contribution in [2.45, 2.75) is 45.8 Å². The lowest BCUT2D eigenvalue weighted by molar-refractivity contribution is -0.136. The Balaban J connectivity index is 1.75. The molecule has 1 atom stereocenters. The lowest BCUT2D eigenvalue weighted by Crippen LogP contribution is -2.19. The highest BCUT2D eigenvalue weighted by atomic mass is 35.5. The van der Waals surface area contributed by atoms with Gasteiger partial charge in [0.15, 0.2) is 5.82 Å². The van der Waals surface area contributed by atoms with E-state index in [0.29, 0.717) is 38.9 Å². The average molecular weight is 509 g/mol. The van der Waals surface area contributed by atoms with Gasteiger partial charge in [-0.25, -0.2) is 14.4 Å². The lowest BCUT2D eigenvalue weighted by atomic mass is 10.0. The molecule has 7 nitrogen and oxygen atoms in total. The topological polar surface area (TPSA) is 108 Å². The molecule has 0 amide bonds. The van der Waals surface area contributed by atoms with Crippen molar-refractivity contribution in [2.24, 2.45) is 0 Å². The third-order valence-electron chi connectivity index (χ3n) is 5.87. The number of hydrogen-bond donors (Lipinski definition) is 3. The van der Waals surface area contributed by atoms with Crippen LogP contribution in [0.1, 0.15) is 49.5 Å². The van der Waals surface area contributed by atoms with Crippen molar-refractivity contribution in [3.63, 3.8) is 0 Å². The van der Waals surface area contributed by atoms with Gasteiger partial charge in [-0.05, 0) is 57.0 Å². The van der Waals surface area contributed by atoms with Gasteiger partial charge in [-0.1, -0.05) is 29.8 Å². The zero-order chi connectivity index (χ0) is 26.2. The van der Waals surface area contributed by atoms with Crippen molar-refractivity contribution < 1.29 is 19.4 Å². The summed E-state index contributed by atoms with van der Waals surface area (Å²) in [7, 11) is 0. The second-order valence-corrected chi connectivity index (χ2v) is 9.64. The number of rotatable bonds is 7. The van der Waals surface area contributed by atoms with Crippen LogP contribution < -0.4 is 5.32 Å². The molecule has 0 bridgehead atoms. The van der Waals surface area contributed by atoms with E-state index in [1.807, 2.05) is 18.2 Å². The van der Waals surface area contributed by atoms with E-state index in [1.165, 1.54) is 12.1 Å². The summed E-state index contributed by atoms with van der Waals surface area (Å²) >= 11 is 6.66. The number of pyridine rings is 1. The molecule has 0 spiro atoms. The molecule has 4 rings (SSSR count). The number of aromatic nitrogens is 3. The van der Waals surface area contributed by atoms with Gasteiger partial charge in [-0.2, -0.15) is 0 Å². The van der Waals surface area contributed by atoms with E-state index in [0.717, 1.165) is 16.5 Å². The molecule has 0 fully saturated rings. The van der Waals surface area contributed by atoms with Crippen molar-refractivity contribution >= 4 is 34.2 Å². The number of carboxylic acids is 1. The van der Waals surface area contributed by atoms with Gasteiger partial charge in [-0.3, -0.25) is 9.78 Å². The number of hydrogen-bond acceptors (Lipinski definition) is 6. The van der Waals surface area contributed by atoms with Gasteiger partial charge in [0.2, 0.25) is 0 Å². The third kappa shape index (κ3) is 5.29. The molecule has 2 heterocycles. The summed E-state index contributed by atoms with van der Waals surface area (Å²) in [6.45, 7) is 6.82. The Hall–Kier alpha value is -3.62. The summed E-state index contributed by atoms with van der Waals surface area (Å²) in [4.78, 5) is 24.3. The average Bonchev–Trinajstić information content (AvgIpc) is 2.82. The van der Waals surface area contributed by atoms with Gasteiger partial charge in [-0.15, -0.1) is 0 Å². The van der Waals surface area contributed by atoms with Gasteiger partial charge < -0.3 is 15.5 Å². The van der Waals surface area contributed by atoms with E-state index in [1.54, 1.807) is 46.2 Å². The molecular formula is C27H26ClFN4O3. The van der Waals surface area contributed by atoms with Crippen LogP contribution >= 0.6 is 11.6 Å². The molecule has 3 N–H and O–H groups in total. The quantitative estimate of drug-likeness (QED) is 0.288. The molecule has 0 saturated heterocycles. The summed E-state index contributed by atoms with van der Waals surface area (Å²) in [5, 5.41) is 23.7. The van der Waals surface area contributed by atoms with Crippen LogP contribution in [-0.2, 0) is 16.8 Å².